The summed E-state index contributed by atoms with van der Waals surface area (Å²) in [6, 6.07) is 13.8. The average Bonchev–Trinajstić information content (AvgIpc) is 3.48. The molecular formula is C27H27N7O. The second-order valence-corrected chi connectivity index (χ2v) is 9.46. The quantitative estimate of drug-likeness (QED) is 0.393. The minimum Gasteiger partial charge on any atom is -0.349 e. The average molecular weight is 466 g/mol. The Hall–Kier alpha value is -4.07. The van der Waals surface area contributed by atoms with Gasteiger partial charge in [0.2, 0.25) is 0 Å². The number of aryl methyl sites for hydroxylation is 1. The van der Waals surface area contributed by atoms with Crippen LogP contribution in [0.25, 0.3) is 33.2 Å². The van der Waals surface area contributed by atoms with Gasteiger partial charge in [-0.1, -0.05) is 6.42 Å². The van der Waals surface area contributed by atoms with Gasteiger partial charge in [0.25, 0.3) is 5.91 Å². The van der Waals surface area contributed by atoms with Gasteiger partial charge in [-0.25, -0.2) is 9.67 Å². The first-order valence-electron chi connectivity index (χ1n) is 12.1. The van der Waals surface area contributed by atoms with Crippen LogP contribution in [-0.4, -0.2) is 41.9 Å². The molecule has 0 bridgehead atoms. The van der Waals surface area contributed by atoms with Crippen LogP contribution < -0.4 is 5.32 Å². The van der Waals surface area contributed by atoms with Crippen molar-refractivity contribution in [1.29, 1.82) is 0 Å². The molecule has 1 aliphatic rings. The van der Waals surface area contributed by atoms with Crippen molar-refractivity contribution in [3.63, 3.8) is 0 Å². The molecule has 6 rings (SSSR count). The lowest BCUT2D eigenvalue weighted by Crippen LogP contribution is -2.39. The minimum absolute atomic E-state index is 0.0400. The van der Waals surface area contributed by atoms with Gasteiger partial charge in [0.1, 0.15) is 5.69 Å². The molecule has 1 saturated carbocycles. The number of hydrogen-bond acceptors (Lipinski definition) is 5. The predicted octanol–water partition coefficient (Wildman–Crippen LogP) is 4.67. The molecule has 1 aliphatic carbocycles. The molecule has 2 atom stereocenters. The zero-order valence-corrected chi connectivity index (χ0v) is 19.6. The van der Waals surface area contributed by atoms with Crippen LogP contribution in [0.4, 0.5) is 0 Å². The van der Waals surface area contributed by atoms with E-state index < -0.39 is 0 Å². The van der Waals surface area contributed by atoms with Crippen molar-refractivity contribution in [3.8, 4) is 11.3 Å². The highest BCUT2D eigenvalue weighted by Gasteiger charge is 2.25. The van der Waals surface area contributed by atoms with Crippen molar-refractivity contribution < 1.29 is 4.79 Å². The van der Waals surface area contributed by atoms with Crippen LogP contribution in [0.15, 0.2) is 61.1 Å². The van der Waals surface area contributed by atoms with Crippen LogP contribution in [0, 0.1) is 12.8 Å². The molecule has 1 aromatic carbocycles. The second kappa shape index (κ2) is 8.94. The lowest BCUT2D eigenvalue weighted by atomic mass is 9.85. The molecule has 1 amide bonds. The Labute approximate surface area is 202 Å². The summed E-state index contributed by atoms with van der Waals surface area (Å²) >= 11 is 0. The van der Waals surface area contributed by atoms with Gasteiger partial charge in [0.15, 0.2) is 5.65 Å². The molecule has 2 unspecified atom stereocenters. The third-order valence-electron chi connectivity index (χ3n) is 6.94. The van der Waals surface area contributed by atoms with Gasteiger partial charge in [0, 0.05) is 52.6 Å². The molecule has 0 radical (unpaired) electrons. The van der Waals surface area contributed by atoms with Crippen LogP contribution in [-0.2, 0) is 6.54 Å². The summed E-state index contributed by atoms with van der Waals surface area (Å²) in [6.45, 7) is 2.78. The number of nitrogens with zero attached hydrogens (tertiary/aromatic N) is 5. The van der Waals surface area contributed by atoms with Crippen molar-refractivity contribution in [3.05, 3.63) is 72.3 Å². The fourth-order valence-electron chi connectivity index (χ4n) is 5.22. The highest BCUT2D eigenvalue weighted by molar-refractivity contribution is 6.01. The number of rotatable bonds is 5. The Morgan fingerprint density at radius 2 is 2.09 bits per heavy atom. The Bertz CT molecular complexity index is 1520. The molecule has 0 aliphatic heterocycles. The van der Waals surface area contributed by atoms with Gasteiger partial charge in [-0.05, 0) is 74.6 Å². The van der Waals surface area contributed by atoms with Crippen molar-refractivity contribution >= 4 is 27.8 Å². The highest BCUT2D eigenvalue weighted by Crippen LogP contribution is 2.29. The van der Waals surface area contributed by atoms with Gasteiger partial charge in [0.05, 0.1) is 11.7 Å². The first kappa shape index (κ1) is 21.5. The van der Waals surface area contributed by atoms with E-state index in [1.165, 1.54) is 0 Å². The lowest BCUT2D eigenvalue weighted by Gasteiger charge is -2.29. The molecule has 176 valence electrons. The number of carbonyl (C=O) groups is 1. The van der Waals surface area contributed by atoms with E-state index in [0.29, 0.717) is 11.5 Å². The number of aromatic amines is 1. The number of H-pyrrole nitrogens is 1. The van der Waals surface area contributed by atoms with Crippen molar-refractivity contribution in [2.24, 2.45) is 5.92 Å². The predicted molar refractivity (Wildman–Crippen MR) is 135 cm³/mol. The maximum Gasteiger partial charge on any atom is 0.251 e. The van der Waals surface area contributed by atoms with E-state index in [2.05, 4.69) is 30.6 Å². The first-order chi connectivity index (χ1) is 17.1. The second-order valence-electron chi connectivity index (χ2n) is 9.46. The SMILES string of the molecule is Cc1cc(-c2n[nH]c3ccc(C(=O)NC4CCCC(Cn5ncc6cccnc65)C4)cc23)ccn1. The summed E-state index contributed by atoms with van der Waals surface area (Å²) in [5.41, 5.74) is 5.22. The van der Waals surface area contributed by atoms with E-state index in [0.717, 1.165) is 71.1 Å². The maximum atomic E-state index is 13.2. The van der Waals surface area contributed by atoms with E-state index in [-0.39, 0.29) is 11.9 Å². The number of benzene rings is 1. The number of hydrogen-bond donors (Lipinski definition) is 2. The van der Waals surface area contributed by atoms with Crippen LogP contribution in [0.2, 0.25) is 0 Å². The van der Waals surface area contributed by atoms with Gasteiger partial charge in [-0.15, -0.1) is 0 Å². The summed E-state index contributed by atoms with van der Waals surface area (Å²) in [4.78, 5) is 22.0. The van der Waals surface area contributed by atoms with Crippen molar-refractivity contribution in [1.82, 2.24) is 35.3 Å². The smallest absolute Gasteiger partial charge is 0.251 e. The number of fused-ring (bicyclic) bond motifs is 2. The van der Waals surface area contributed by atoms with E-state index in [1.54, 1.807) is 6.20 Å². The Morgan fingerprint density at radius 3 is 3.00 bits per heavy atom. The third-order valence-corrected chi connectivity index (χ3v) is 6.94. The number of amides is 1. The number of pyridine rings is 2. The lowest BCUT2D eigenvalue weighted by molar-refractivity contribution is 0.0917. The summed E-state index contributed by atoms with van der Waals surface area (Å²) in [7, 11) is 0. The molecule has 0 spiro atoms. The van der Waals surface area contributed by atoms with Crippen LogP contribution >= 0.6 is 0 Å². The molecule has 2 N–H and O–H groups in total. The number of aromatic nitrogens is 6. The minimum atomic E-state index is -0.0400. The van der Waals surface area contributed by atoms with Gasteiger partial charge in [-0.2, -0.15) is 10.2 Å². The normalized spacial score (nSPS) is 18.2. The van der Waals surface area contributed by atoms with E-state index >= 15 is 0 Å². The van der Waals surface area contributed by atoms with E-state index in [9.17, 15) is 4.79 Å². The summed E-state index contributed by atoms with van der Waals surface area (Å²) < 4.78 is 2.00. The van der Waals surface area contributed by atoms with Crippen molar-refractivity contribution in [2.75, 3.05) is 0 Å². The molecule has 1 fully saturated rings. The van der Waals surface area contributed by atoms with Gasteiger partial charge in [-0.3, -0.25) is 14.9 Å². The van der Waals surface area contributed by atoms with Gasteiger partial charge >= 0.3 is 0 Å². The van der Waals surface area contributed by atoms with E-state index in [4.69, 9.17) is 0 Å². The molecule has 4 heterocycles. The molecule has 5 aromatic rings. The Kier molecular flexibility index (Phi) is 5.48. The third kappa shape index (κ3) is 4.27. The van der Waals surface area contributed by atoms with Gasteiger partial charge < -0.3 is 5.32 Å². The molecule has 35 heavy (non-hydrogen) atoms. The number of nitrogens with one attached hydrogen (secondary N) is 2. The topological polar surface area (TPSA) is 101 Å². The molecule has 4 aromatic heterocycles. The first-order valence-corrected chi connectivity index (χ1v) is 12.1. The Morgan fingerprint density at radius 1 is 1.14 bits per heavy atom. The van der Waals surface area contributed by atoms with Crippen molar-refractivity contribution in [2.45, 2.75) is 45.2 Å². The summed E-state index contributed by atoms with van der Waals surface area (Å²) in [6.07, 6.45) is 9.62. The van der Waals surface area contributed by atoms with Crippen LogP contribution in [0.3, 0.4) is 0 Å². The fraction of sp³-hybridized carbons (Fsp3) is 0.296. The summed E-state index contributed by atoms with van der Waals surface area (Å²) in [5, 5.41) is 17.4. The number of carbonyl (C=O) groups excluding carboxylic acids is 1. The zero-order valence-electron chi connectivity index (χ0n) is 19.6. The van der Waals surface area contributed by atoms with Crippen LogP contribution in [0.5, 0.6) is 0 Å². The fourth-order valence-corrected chi connectivity index (χ4v) is 5.22. The molecule has 8 nitrogen and oxygen atoms in total. The standard InChI is InChI=1S/C27H27N7O/c1-17-12-19(9-11-28-17)25-23-14-20(7-8-24(23)32-33-25)27(35)31-22-6-2-4-18(13-22)16-34-26-21(15-30-34)5-3-10-29-26/h3,5,7-12,14-15,18,22H,2,4,6,13,16H2,1H3,(H,31,35)(H,32,33). The van der Waals surface area contributed by atoms with Crippen LogP contribution in [0.1, 0.15) is 41.7 Å². The molecule has 0 saturated heterocycles. The Balaban J connectivity index is 1.17. The maximum absolute atomic E-state index is 13.2. The molecular weight excluding hydrogens is 438 g/mol. The molecule has 8 heteroatoms. The van der Waals surface area contributed by atoms with E-state index in [1.807, 2.05) is 66.5 Å². The summed E-state index contributed by atoms with van der Waals surface area (Å²) in [5.74, 6) is 0.416. The highest BCUT2D eigenvalue weighted by atomic mass is 16.1. The zero-order chi connectivity index (χ0) is 23.8. The largest absolute Gasteiger partial charge is 0.349 e. The monoisotopic (exact) mass is 465 g/mol.